The van der Waals surface area contributed by atoms with Gasteiger partial charge in [0, 0.05) is 12.1 Å². The minimum absolute atomic E-state index is 0.139. The average molecular weight is 282 g/mol. The van der Waals surface area contributed by atoms with Crippen LogP contribution in [0.25, 0.3) is 17.0 Å². The van der Waals surface area contributed by atoms with E-state index in [1.54, 1.807) is 0 Å². The number of hydrogen-bond acceptors (Lipinski definition) is 6. The molecule has 0 aliphatic carbocycles. The van der Waals surface area contributed by atoms with Crippen LogP contribution in [0, 0.1) is 6.92 Å². The van der Waals surface area contributed by atoms with Crippen LogP contribution < -0.4 is 16.8 Å². The highest BCUT2D eigenvalue weighted by Gasteiger charge is 2.11. The van der Waals surface area contributed by atoms with Crippen molar-refractivity contribution >= 4 is 17.5 Å². The summed E-state index contributed by atoms with van der Waals surface area (Å²) in [5.41, 5.74) is 16.0. The summed E-state index contributed by atoms with van der Waals surface area (Å²) >= 11 is 0. The highest BCUT2D eigenvalue weighted by atomic mass is 15.1. The average Bonchev–Trinajstić information content (AvgIpc) is 2.47. The molecule has 1 aromatic heterocycles. The Labute approximate surface area is 123 Å². The Hall–Kier alpha value is -2.47. The Bertz CT molecular complexity index is 687. The quantitative estimate of drug-likeness (QED) is 0.769. The largest absolute Gasteiger partial charge is 0.368 e. The maximum Gasteiger partial charge on any atom is 0.225 e. The van der Waals surface area contributed by atoms with Crippen LogP contribution in [0.2, 0.25) is 0 Å². The molecule has 108 valence electrons. The zero-order chi connectivity index (χ0) is 14.8. The number of nitrogen functional groups attached to an aromatic ring is 2. The third-order valence-electron chi connectivity index (χ3n) is 3.56. The molecule has 0 radical (unpaired) electrons. The Morgan fingerprint density at radius 3 is 2.48 bits per heavy atom. The SMILES string of the molecule is Cc1cc(-c2nc(N)nc(N)n2)ccc1C1=CCNCC1. The van der Waals surface area contributed by atoms with Crippen molar-refractivity contribution in [3.63, 3.8) is 0 Å². The highest BCUT2D eigenvalue weighted by Crippen LogP contribution is 2.27. The molecular formula is C15H18N6. The number of nitrogens with zero attached hydrogens (tertiary/aromatic N) is 3. The molecule has 21 heavy (non-hydrogen) atoms. The molecule has 0 saturated carbocycles. The molecule has 1 aliphatic rings. The lowest BCUT2D eigenvalue weighted by Gasteiger charge is -2.16. The van der Waals surface area contributed by atoms with Crippen molar-refractivity contribution in [2.45, 2.75) is 13.3 Å². The van der Waals surface area contributed by atoms with Gasteiger partial charge in [0.2, 0.25) is 11.9 Å². The van der Waals surface area contributed by atoms with Crippen molar-refractivity contribution in [3.8, 4) is 11.4 Å². The Morgan fingerprint density at radius 1 is 1.10 bits per heavy atom. The second-order valence-corrected chi connectivity index (χ2v) is 5.09. The Kier molecular flexibility index (Phi) is 3.53. The third-order valence-corrected chi connectivity index (χ3v) is 3.56. The molecule has 2 aromatic rings. The first-order valence-corrected chi connectivity index (χ1v) is 6.91. The number of rotatable bonds is 2. The summed E-state index contributed by atoms with van der Waals surface area (Å²) in [7, 11) is 0. The first-order chi connectivity index (χ1) is 10.1. The van der Waals surface area contributed by atoms with E-state index in [0.29, 0.717) is 5.82 Å². The zero-order valence-corrected chi connectivity index (χ0v) is 11.9. The van der Waals surface area contributed by atoms with E-state index in [-0.39, 0.29) is 11.9 Å². The number of hydrogen-bond donors (Lipinski definition) is 3. The van der Waals surface area contributed by atoms with E-state index < -0.39 is 0 Å². The lowest BCUT2D eigenvalue weighted by molar-refractivity contribution is 0.738. The first-order valence-electron chi connectivity index (χ1n) is 6.91. The molecule has 0 fully saturated rings. The second kappa shape index (κ2) is 5.49. The van der Waals surface area contributed by atoms with Crippen molar-refractivity contribution in [2.24, 2.45) is 0 Å². The topological polar surface area (TPSA) is 103 Å². The van der Waals surface area contributed by atoms with Crippen LogP contribution in [0.5, 0.6) is 0 Å². The summed E-state index contributed by atoms with van der Waals surface area (Å²) in [5, 5.41) is 3.32. The summed E-state index contributed by atoms with van der Waals surface area (Å²) < 4.78 is 0. The van der Waals surface area contributed by atoms with Gasteiger partial charge in [0.05, 0.1) is 0 Å². The fourth-order valence-electron chi connectivity index (χ4n) is 2.57. The van der Waals surface area contributed by atoms with Crippen LogP contribution >= 0.6 is 0 Å². The van der Waals surface area contributed by atoms with E-state index in [1.807, 2.05) is 6.07 Å². The fourth-order valence-corrected chi connectivity index (χ4v) is 2.57. The smallest absolute Gasteiger partial charge is 0.225 e. The number of nitrogens with two attached hydrogens (primary N) is 2. The van der Waals surface area contributed by atoms with E-state index in [1.165, 1.54) is 16.7 Å². The highest BCUT2D eigenvalue weighted by molar-refractivity contribution is 5.72. The van der Waals surface area contributed by atoms with Crippen molar-refractivity contribution in [1.29, 1.82) is 0 Å². The normalized spacial score (nSPS) is 14.8. The van der Waals surface area contributed by atoms with Crippen LogP contribution in [0.3, 0.4) is 0 Å². The summed E-state index contributed by atoms with van der Waals surface area (Å²) in [4.78, 5) is 12.1. The summed E-state index contributed by atoms with van der Waals surface area (Å²) in [6.07, 6.45) is 3.29. The van der Waals surface area contributed by atoms with E-state index in [0.717, 1.165) is 25.1 Å². The van der Waals surface area contributed by atoms with Gasteiger partial charge in [-0.1, -0.05) is 18.2 Å². The fraction of sp³-hybridized carbons (Fsp3) is 0.267. The van der Waals surface area contributed by atoms with Crippen molar-refractivity contribution in [3.05, 3.63) is 35.4 Å². The van der Waals surface area contributed by atoms with Crippen molar-refractivity contribution in [2.75, 3.05) is 24.6 Å². The predicted molar refractivity (Wildman–Crippen MR) is 84.3 cm³/mol. The molecule has 1 aliphatic heterocycles. The van der Waals surface area contributed by atoms with Gasteiger partial charge in [0.1, 0.15) is 0 Å². The van der Waals surface area contributed by atoms with Crippen molar-refractivity contribution in [1.82, 2.24) is 20.3 Å². The summed E-state index contributed by atoms with van der Waals surface area (Å²) in [6.45, 7) is 4.04. The standard InChI is InChI=1S/C15H18N6/c1-9-8-11(13-19-14(16)21-15(17)20-13)2-3-12(9)10-4-6-18-7-5-10/h2-4,8,18H,5-7H2,1H3,(H4,16,17,19,20,21). The van der Waals surface area contributed by atoms with Crippen LogP contribution in [0.1, 0.15) is 17.5 Å². The maximum absolute atomic E-state index is 5.62. The Morgan fingerprint density at radius 2 is 1.86 bits per heavy atom. The Balaban J connectivity index is 1.99. The van der Waals surface area contributed by atoms with Gasteiger partial charge < -0.3 is 16.8 Å². The molecule has 6 nitrogen and oxygen atoms in total. The van der Waals surface area contributed by atoms with Gasteiger partial charge in [-0.3, -0.25) is 0 Å². The minimum atomic E-state index is 0.139. The van der Waals surface area contributed by atoms with Gasteiger partial charge in [-0.15, -0.1) is 0 Å². The number of nitrogens with one attached hydrogen (secondary N) is 1. The van der Waals surface area contributed by atoms with Gasteiger partial charge in [0.15, 0.2) is 5.82 Å². The monoisotopic (exact) mass is 282 g/mol. The van der Waals surface area contributed by atoms with Gasteiger partial charge in [-0.05, 0) is 42.7 Å². The van der Waals surface area contributed by atoms with Crippen LogP contribution in [-0.2, 0) is 0 Å². The molecule has 0 amide bonds. The van der Waals surface area contributed by atoms with Gasteiger partial charge in [-0.2, -0.15) is 15.0 Å². The first kappa shape index (κ1) is 13.5. The molecule has 6 heteroatoms. The molecule has 1 aromatic carbocycles. The summed E-state index contributed by atoms with van der Waals surface area (Å²) in [6, 6.07) is 6.17. The van der Waals surface area contributed by atoms with E-state index >= 15 is 0 Å². The van der Waals surface area contributed by atoms with Crippen LogP contribution in [0.4, 0.5) is 11.9 Å². The molecule has 0 atom stereocenters. The summed E-state index contributed by atoms with van der Waals surface area (Å²) in [5.74, 6) is 0.787. The van der Waals surface area contributed by atoms with Gasteiger partial charge in [-0.25, -0.2) is 0 Å². The minimum Gasteiger partial charge on any atom is -0.368 e. The van der Waals surface area contributed by atoms with E-state index in [2.05, 4.69) is 45.4 Å². The number of aromatic nitrogens is 3. The molecule has 0 unspecified atom stereocenters. The molecule has 2 heterocycles. The molecule has 3 rings (SSSR count). The third kappa shape index (κ3) is 2.85. The number of benzene rings is 1. The van der Waals surface area contributed by atoms with E-state index in [4.69, 9.17) is 11.5 Å². The van der Waals surface area contributed by atoms with E-state index in [9.17, 15) is 0 Å². The zero-order valence-electron chi connectivity index (χ0n) is 11.9. The van der Waals surface area contributed by atoms with Gasteiger partial charge in [0.25, 0.3) is 0 Å². The molecule has 0 bridgehead atoms. The van der Waals surface area contributed by atoms with Gasteiger partial charge >= 0.3 is 0 Å². The number of anilines is 2. The molecule has 0 spiro atoms. The predicted octanol–water partition coefficient (Wildman–Crippen LogP) is 1.39. The lowest BCUT2D eigenvalue weighted by atomic mass is 9.94. The van der Waals surface area contributed by atoms with Crippen LogP contribution in [-0.4, -0.2) is 28.0 Å². The lowest BCUT2D eigenvalue weighted by Crippen LogP contribution is -2.20. The number of aryl methyl sites for hydroxylation is 1. The molecular weight excluding hydrogens is 264 g/mol. The maximum atomic E-state index is 5.62. The van der Waals surface area contributed by atoms with Crippen molar-refractivity contribution < 1.29 is 0 Å². The molecule has 0 saturated heterocycles. The molecule has 5 N–H and O–H groups in total. The second-order valence-electron chi connectivity index (χ2n) is 5.09. The van der Waals surface area contributed by atoms with Crippen LogP contribution in [0.15, 0.2) is 24.3 Å².